The van der Waals surface area contributed by atoms with Gasteiger partial charge in [0.15, 0.2) is 0 Å². The molecule has 0 radical (unpaired) electrons. The van der Waals surface area contributed by atoms with Crippen molar-refractivity contribution in [1.82, 2.24) is 15.5 Å². The van der Waals surface area contributed by atoms with Gasteiger partial charge in [-0.3, -0.25) is 9.69 Å². The Balaban J connectivity index is 1.95. The molecule has 156 valence electrons. The molecule has 0 aromatic heterocycles. The highest BCUT2D eigenvalue weighted by atomic mass is 16.5. The summed E-state index contributed by atoms with van der Waals surface area (Å²) in [6.07, 6.45) is 0. The number of rotatable bonds is 9. The second-order valence-corrected chi connectivity index (χ2v) is 6.58. The van der Waals surface area contributed by atoms with Gasteiger partial charge in [0, 0.05) is 25.7 Å². The lowest BCUT2D eigenvalue weighted by atomic mass is 10.1. The highest BCUT2D eigenvalue weighted by Crippen LogP contribution is 2.25. The fourth-order valence-corrected chi connectivity index (χ4v) is 2.91. The maximum Gasteiger partial charge on any atom is 0.319 e. The van der Waals surface area contributed by atoms with Gasteiger partial charge >= 0.3 is 6.03 Å². The molecule has 7 heteroatoms. The fraction of sp³-hybridized carbons (Fsp3) is 0.364. The molecule has 3 N–H and O–H groups in total. The zero-order valence-electron chi connectivity index (χ0n) is 17.5. The van der Waals surface area contributed by atoms with E-state index < -0.39 is 0 Å². The van der Waals surface area contributed by atoms with Crippen molar-refractivity contribution in [3.63, 3.8) is 0 Å². The van der Waals surface area contributed by atoms with Gasteiger partial charge in [0.25, 0.3) is 5.91 Å². The number of urea groups is 1. The molecule has 0 saturated heterocycles. The first kappa shape index (κ1) is 22.2. The summed E-state index contributed by atoms with van der Waals surface area (Å²) in [6.45, 7) is 7.66. The van der Waals surface area contributed by atoms with E-state index in [4.69, 9.17) is 4.74 Å². The van der Waals surface area contributed by atoms with Crippen LogP contribution < -0.4 is 20.7 Å². The van der Waals surface area contributed by atoms with E-state index in [0.717, 1.165) is 25.2 Å². The number of benzene rings is 2. The third kappa shape index (κ3) is 6.50. The number of anilines is 1. The van der Waals surface area contributed by atoms with Gasteiger partial charge in [0.1, 0.15) is 5.75 Å². The standard InChI is InChI=1S/C22H30N4O3/c1-5-26(6-2)15-17-9-7-16(8-10-17)14-24-22(28)25-19-13-18(21(27)23-3)11-12-20(19)29-4/h7-13H,5-6,14-15H2,1-4H3,(H,23,27)(H2,24,25,28). The Morgan fingerprint density at radius 2 is 1.66 bits per heavy atom. The molecule has 0 fully saturated rings. The number of ether oxygens (including phenoxy) is 1. The SMILES string of the molecule is CCN(CC)Cc1ccc(CNC(=O)Nc2cc(C(=O)NC)ccc2OC)cc1. The maximum atomic E-state index is 12.3. The minimum absolute atomic E-state index is 0.235. The summed E-state index contributed by atoms with van der Waals surface area (Å²) in [5, 5.41) is 8.13. The van der Waals surface area contributed by atoms with E-state index in [9.17, 15) is 9.59 Å². The van der Waals surface area contributed by atoms with Crippen LogP contribution in [-0.4, -0.2) is 44.1 Å². The minimum atomic E-state index is -0.371. The predicted molar refractivity (Wildman–Crippen MR) is 115 cm³/mol. The zero-order chi connectivity index (χ0) is 21.2. The van der Waals surface area contributed by atoms with Crippen molar-refractivity contribution in [1.29, 1.82) is 0 Å². The van der Waals surface area contributed by atoms with E-state index in [1.54, 1.807) is 25.2 Å². The number of hydrogen-bond donors (Lipinski definition) is 3. The van der Waals surface area contributed by atoms with E-state index in [0.29, 0.717) is 23.5 Å². The molecule has 0 saturated carbocycles. The van der Waals surface area contributed by atoms with Gasteiger partial charge in [-0.2, -0.15) is 0 Å². The topological polar surface area (TPSA) is 82.7 Å². The molecule has 7 nitrogen and oxygen atoms in total. The molecule has 0 aliphatic heterocycles. The molecule has 0 heterocycles. The van der Waals surface area contributed by atoms with Crippen molar-refractivity contribution in [3.05, 3.63) is 59.2 Å². The molecule has 0 aliphatic carbocycles. The Labute approximate surface area is 172 Å². The van der Waals surface area contributed by atoms with Crippen molar-refractivity contribution < 1.29 is 14.3 Å². The molecule has 0 aliphatic rings. The van der Waals surface area contributed by atoms with Crippen LogP contribution in [0.5, 0.6) is 5.75 Å². The van der Waals surface area contributed by atoms with Gasteiger partial charge in [-0.15, -0.1) is 0 Å². The Morgan fingerprint density at radius 1 is 1.00 bits per heavy atom. The van der Waals surface area contributed by atoms with Crippen LogP contribution in [0.25, 0.3) is 0 Å². The summed E-state index contributed by atoms with van der Waals surface area (Å²) in [7, 11) is 3.07. The van der Waals surface area contributed by atoms with Crippen LogP contribution in [-0.2, 0) is 13.1 Å². The first-order valence-electron chi connectivity index (χ1n) is 9.75. The van der Waals surface area contributed by atoms with Crippen LogP contribution in [0, 0.1) is 0 Å². The number of amides is 3. The molecule has 2 rings (SSSR count). The molecule has 0 spiro atoms. The van der Waals surface area contributed by atoms with E-state index in [1.807, 2.05) is 12.1 Å². The Kier molecular flexibility index (Phi) is 8.48. The Morgan fingerprint density at radius 3 is 2.24 bits per heavy atom. The van der Waals surface area contributed by atoms with Crippen molar-refractivity contribution in [2.75, 3.05) is 32.6 Å². The van der Waals surface area contributed by atoms with Crippen LogP contribution in [0.4, 0.5) is 10.5 Å². The lowest BCUT2D eigenvalue weighted by Gasteiger charge is -2.18. The van der Waals surface area contributed by atoms with Crippen molar-refractivity contribution in [2.24, 2.45) is 0 Å². The predicted octanol–water partition coefficient (Wildman–Crippen LogP) is 3.22. The van der Waals surface area contributed by atoms with Gasteiger partial charge in [0.05, 0.1) is 12.8 Å². The van der Waals surface area contributed by atoms with Crippen LogP contribution in [0.3, 0.4) is 0 Å². The van der Waals surface area contributed by atoms with Gasteiger partial charge in [-0.1, -0.05) is 38.1 Å². The Hall–Kier alpha value is -3.06. The smallest absolute Gasteiger partial charge is 0.319 e. The van der Waals surface area contributed by atoms with Crippen LogP contribution in [0.2, 0.25) is 0 Å². The first-order chi connectivity index (χ1) is 14.0. The van der Waals surface area contributed by atoms with E-state index >= 15 is 0 Å². The monoisotopic (exact) mass is 398 g/mol. The molecule has 3 amide bonds. The van der Waals surface area contributed by atoms with Gasteiger partial charge in [-0.25, -0.2) is 4.79 Å². The number of carbonyl (C=O) groups is 2. The number of carbonyl (C=O) groups excluding carboxylic acids is 2. The van der Waals surface area contributed by atoms with Crippen LogP contribution in [0.1, 0.15) is 35.3 Å². The summed E-state index contributed by atoms with van der Waals surface area (Å²) in [6, 6.07) is 12.7. The average Bonchev–Trinajstić information content (AvgIpc) is 2.76. The average molecular weight is 399 g/mol. The van der Waals surface area contributed by atoms with Gasteiger partial charge in [0.2, 0.25) is 0 Å². The van der Waals surface area contributed by atoms with E-state index in [2.05, 4.69) is 46.8 Å². The second kappa shape index (κ2) is 11.1. The first-order valence-corrected chi connectivity index (χ1v) is 9.75. The normalized spacial score (nSPS) is 10.5. The van der Waals surface area contributed by atoms with E-state index in [1.165, 1.54) is 12.7 Å². The van der Waals surface area contributed by atoms with Crippen molar-refractivity contribution in [2.45, 2.75) is 26.9 Å². The maximum absolute atomic E-state index is 12.3. The number of nitrogens with zero attached hydrogens (tertiary/aromatic N) is 1. The molecular formula is C22H30N4O3. The van der Waals surface area contributed by atoms with Gasteiger partial charge in [-0.05, 0) is 42.4 Å². The quantitative estimate of drug-likeness (QED) is 0.606. The van der Waals surface area contributed by atoms with Crippen molar-refractivity contribution >= 4 is 17.6 Å². The number of nitrogens with one attached hydrogen (secondary N) is 3. The molecular weight excluding hydrogens is 368 g/mol. The molecule has 29 heavy (non-hydrogen) atoms. The van der Waals surface area contributed by atoms with Gasteiger partial charge < -0.3 is 20.7 Å². The summed E-state index contributed by atoms with van der Waals surface area (Å²) >= 11 is 0. The van der Waals surface area contributed by atoms with Crippen molar-refractivity contribution in [3.8, 4) is 5.75 Å². The molecule has 2 aromatic carbocycles. The molecule has 0 unspecified atom stereocenters. The summed E-state index contributed by atoms with van der Waals surface area (Å²) in [5.74, 6) is 0.245. The molecule has 2 aromatic rings. The number of methoxy groups -OCH3 is 1. The largest absolute Gasteiger partial charge is 0.495 e. The Bertz CT molecular complexity index is 817. The minimum Gasteiger partial charge on any atom is -0.495 e. The van der Waals surface area contributed by atoms with Crippen LogP contribution >= 0.6 is 0 Å². The summed E-state index contributed by atoms with van der Waals surface area (Å²) < 4.78 is 5.26. The summed E-state index contributed by atoms with van der Waals surface area (Å²) in [5.41, 5.74) is 3.13. The zero-order valence-corrected chi connectivity index (χ0v) is 17.5. The molecule has 0 atom stereocenters. The summed E-state index contributed by atoms with van der Waals surface area (Å²) in [4.78, 5) is 26.5. The van der Waals surface area contributed by atoms with E-state index in [-0.39, 0.29) is 11.9 Å². The highest BCUT2D eigenvalue weighted by molar-refractivity contribution is 5.97. The number of hydrogen-bond acceptors (Lipinski definition) is 4. The van der Waals surface area contributed by atoms with Crippen LogP contribution in [0.15, 0.2) is 42.5 Å². The molecule has 0 bridgehead atoms. The third-order valence-corrected chi connectivity index (χ3v) is 4.71. The highest BCUT2D eigenvalue weighted by Gasteiger charge is 2.11. The fourth-order valence-electron chi connectivity index (χ4n) is 2.91. The lowest BCUT2D eigenvalue weighted by Crippen LogP contribution is -2.28. The lowest BCUT2D eigenvalue weighted by molar-refractivity contribution is 0.0963. The third-order valence-electron chi connectivity index (χ3n) is 4.71. The second-order valence-electron chi connectivity index (χ2n) is 6.58.